The second kappa shape index (κ2) is 5.25. The maximum Gasteiger partial charge on any atom is 0.327 e. The highest BCUT2D eigenvalue weighted by molar-refractivity contribution is 9.10. The number of hydrogen-bond donors (Lipinski definition) is 0. The quantitative estimate of drug-likeness (QED) is 0.328. The number of halogens is 1. The molecule has 2 aliphatic heterocycles. The van der Waals surface area contributed by atoms with Gasteiger partial charge in [-0.25, -0.2) is 0 Å². The van der Waals surface area contributed by atoms with E-state index in [0.29, 0.717) is 0 Å². The molecule has 1 saturated heterocycles. The molecule has 0 aromatic heterocycles. The minimum atomic E-state index is -1.70. The van der Waals surface area contributed by atoms with Gasteiger partial charge < -0.3 is 9.16 Å². The Morgan fingerprint density at radius 3 is 2.70 bits per heavy atom. The lowest BCUT2D eigenvalue weighted by atomic mass is 9.78. The van der Waals surface area contributed by atoms with Crippen molar-refractivity contribution in [2.24, 2.45) is 5.92 Å². The van der Waals surface area contributed by atoms with E-state index in [-0.39, 0.29) is 23.0 Å². The fourth-order valence-electron chi connectivity index (χ4n) is 2.46. The number of esters is 1. The monoisotopic (exact) mass is 360 g/mol. The Labute approximate surface area is 131 Å². The van der Waals surface area contributed by atoms with Crippen molar-refractivity contribution in [1.29, 1.82) is 0 Å². The van der Waals surface area contributed by atoms with Gasteiger partial charge in [-0.2, -0.15) is 0 Å². The van der Waals surface area contributed by atoms with Crippen LogP contribution in [-0.4, -0.2) is 31.3 Å². The zero-order valence-corrected chi connectivity index (χ0v) is 15.6. The van der Waals surface area contributed by atoms with E-state index < -0.39 is 12.6 Å². The average Bonchev–Trinajstić information content (AvgIpc) is 2.30. The number of hydrogen-bond acceptors (Lipinski definition) is 3. The Morgan fingerprint density at radius 2 is 2.15 bits per heavy atom. The third-order valence-corrected chi connectivity index (χ3v) is 10.7. The lowest BCUT2D eigenvalue weighted by Gasteiger charge is -2.43. The fourth-order valence-corrected chi connectivity index (χ4v) is 4.19. The number of carbonyl (C=O) groups is 1. The van der Waals surface area contributed by atoms with Crippen molar-refractivity contribution >= 4 is 30.2 Å². The summed E-state index contributed by atoms with van der Waals surface area (Å²) in [6.07, 6.45) is 5.70. The molecule has 1 aliphatic carbocycles. The van der Waals surface area contributed by atoms with Crippen molar-refractivity contribution in [3.8, 4) is 0 Å². The first kappa shape index (κ1) is 16.2. The first-order chi connectivity index (χ1) is 9.06. The largest absolute Gasteiger partial charge is 0.457 e. The van der Waals surface area contributed by atoms with Gasteiger partial charge in [-0.15, -0.1) is 0 Å². The second-order valence-corrected chi connectivity index (χ2v) is 13.5. The van der Waals surface area contributed by atoms with Crippen LogP contribution in [0.15, 0.2) is 12.2 Å². The Bertz CT molecular complexity index is 427. The van der Waals surface area contributed by atoms with Gasteiger partial charge in [-0.3, -0.25) is 4.79 Å². The number of carbonyl (C=O) groups excluding carboxylic acids is 1. The van der Waals surface area contributed by atoms with E-state index in [2.05, 4.69) is 49.8 Å². The van der Waals surface area contributed by atoms with Gasteiger partial charge in [0.15, 0.2) is 8.32 Å². The van der Waals surface area contributed by atoms with E-state index in [9.17, 15) is 4.79 Å². The maximum absolute atomic E-state index is 12.0. The molecule has 114 valence electrons. The van der Waals surface area contributed by atoms with Crippen molar-refractivity contribution in [3.63, 3.8) is 0 Å². The standard InChI is InChI=1S/C15H25BrO3Si/c1-14(2,3)20(4,5)18-9-7-11-10-12-6-8-15(11,16)13(17)19-12/h6,8,11-12H,7,9-10H2,1-5H3/t11-,12+,15+/m0/s1. The van der Waals surface area contributed by atoms with E-state index in [1.165, 1.54) is 0 Å². The molecule has 3 atom stereocenters. The minimum Gasteiger partial charge on any atom is -0.457 e. The number of alkyl halides is 1. The predicted octanol–water partition coefficient (Wildman–Crippen LogP) is 4.03. The first-order valence-corrected chi connectivity index (χ1v) is 11.0. The summed E-state index contributed by atoms with van der Waals surface area (Å²) in [6.45, 7) is 12.0. The number of rotatable bonds is 4. The van der Waals surface area contributed by atoms with E-state index in [0.717, 1.165) is 19.4 Å². The van der Waals surface area contributed by atoms with Crippen molar-refractivity contribution in [3.05, 3.63) is 12.2 Å². The van der Waals surface area contributed by atoms with Gasteiger partial charge in [-0.05, 0) is 43.0 Å². The van der Waals surface area contributed by atoms with E-state index >= 15 is 0 Å². The summed E-state index contributed by atoms with van der Waals surface area (Å²) in [4.78, 5) is 12.0. The van der Waals surface area contributed by atoms with Crippen molar-refractivity contribution < 1.29 is 14.0 Å². The van der Waals surface area contributed by atoms with Crippen LogP contribution in [0.3, 0.4) is 0 Å². The molecule has 20 heavy (non-hydrogen) atoms. The summed E-state index contributed by atoms with van der Waals surface area (Å²) < 4.78 is 10.9. The molecular formula is C15H25BrO3Si. The molecule has 0 N–H and O–H groups in total. The highest BCUT2D eigenvalue weighted by atomic mass is 79.9. The molecular weight excluding hydrogens is 336 g/mol. The van der Waals surface area contributed by atoms with Crippen LogP contribution < -0.4 is 0 Å². The van der Waals surface area contributed by atoms with Crippen LogP contribution in [0.1, 0.15) is 33.6 Å². The molecule has 2 bridgehead atoms. The summed E-state index contributed by atoms with van der Waals surface area (Å²) in [5.74, 6) is 0.122. The normalized spacial score (nSPS) is 33.4. The number of ether oxygens (including phenoxy) is 1. The molecule has 0 saturated carbocycles. The molecule has 0 aromatic carbocycles. The van der Waals surface area contributed by atoms with Gasteiger partial charge in [0, 0.05) is 6.61 Å². The Morgan fingerprint density at radius 1 is 1.50 bits per heavy atom. The average molecular weight is 361 g/mol. The van der Waals surface area contributed by atoms with Crippen LogP contribution in [0.2, 0.25) is 18.1 Å². The molecule has 0 unspecified atom stereocenters. The zero-order chi connectivity index (χ0) is 15.2. The molecule has 3 aliphatic rings. The van der Waals surface area contributed by atoms with Crippen LogP contribution in [0.5, 0.6) is 0 Å². The highest BCUT2D eigenvalue weighted by Gasteiger charge is 2.51. The predicted molar refractivity (Wildman–Crippen MR) is 86.6 cm³/mol. The van der Waals surface area contributed by atoms with Crippen LogP contribution in [0.25, 0.3) is 0 Å². The number of fused-ring (bicyclic) bond motifs is 2. The van der Waals surface area contributed by atoms with E-state index in [1.54, 1.807) is 0 Å². The van der Waals surface area contributed by atoms with Gasteiger partial charge in [-0.1, -0.05) is 42.8 Å². The molecule has 0 spiro atoms. The molecule has 0 amide bonds. The van der Waals surface area contributed by atoms with Gasteiger partial charge in [0.2, 0.25) is 0 Å². The Hall–Kier alpha value is -0.133. The van der Waals surface area contributed by atoms with E-state index in [4.69, 9.17) is 9.16 Å². The highest BCUT2D eigenvalue weighted by Crippen LogP contribution is 2.45. The lowest BCUT2D eigenvalue weighted by molar-refractivity contribution is -0.158. The molecule has 1 fully saturated rings. The first-order valence-electron chi connectivity index (χ1n) is 7.29. The smallest absolute Gasteiger partial charge is 0.327 e. The van der Waals surface area contributed by atoms with E-state index in [1.807, 2.05) is 12.2 Å². The molecule has 3 nitrogen and oxygen atoms in total. The molecule has 0 radical (unpaired) electrons. The summed E-state index contributed by atoms with van der Waals surface area (Å²) in [6, 6.07) is 0. The Balaban J connectivity index is 1.93. The van der Waals surface area contributed by atoms with Crippen LogP contribution >= 0.6 is 15.9 Å². The van der Waals surface area contributed by atoms with Gasteiger partial charge >= 0.3 is 5.97 Å². The summed E-state index contributed by atoms with van der Waals surface area (Å²) in [7, 11) is -1.70. The summed E-state index contributed by atoms with van der Waals surface area (Å²) >= 11 is 3.58. The molecule has 3 rings (SSSR count). The minimum absolute atomic E-state index is 0.0419. The second-order valence-electron chi connectivity index (χ2n) is 7.40. The zero-order valence-electron chi connectivity index (χ0n) is 13.0. The molecule has 0 aromatic rings. The maximum atomic E-state index is 12.0. The fraction of sp³-hybridized carbons (Fsp3) is 0.800. The van der Waals surface area contributed by atoms with Crippen molar-refractivity contribution in [2.75, 3.05) is 6.61 Å². The molecule has 2 heterocycles. The Kier molecular flexibility index (Phi) is 4.26. The van der Waals surface area contributed by atoms with Crippen LogP contribution in [0.4, 0.5) is 0 Å². The summed E-state index contributed by atoms with van der Waals surface area (Å²) in [5.41, 5.74) is 0. The van der Waals surface area contributed by atoms with Gasteiger partial charge in [0.05, 0.1) is 0 Å². The topological polar surface area (TPSA) is 35.5 Å². The lowest BCUT2D eigenvalue weighted by Crippen LogP contribution is -2.51. The molecule has 5 heteroatoms. The van der Waals surface area contributed by atoms with Crippen molar-refractivity contribution in [2.45, 2.75) is 62.2 Å². The third-order valence-electron chi connectivity index (χ3n) is 4.97. The SMILES string of the molecule is CC(C)(C)[Si](C)(C)OCC[C@H]1C[C@H]2C=C[C@]1(Br)C(=O)O2. The van der Waals surface area contributed by atoms with Crippen LogP contribution in [-0.2, 0) is 14.0 Å². The van der Waals surface area contributed by atoms with Crippen LogP contribution in [0, 0.1) is 5.92 Å². The summed E-state index contributed by atoms with van der Waals surface area (Å²) in [5, 5.41) is 0.226. The van der Waals surface area contributed by atoms with Crippen molar-refractivity contribution in [1.82, 2.24) is 0 Å². The third kappa shape index (κ3) is 2.90. The van der Waals surface area contributed by atoms with Gasteiger partial charge in [0.25, 0.3) is 0 Å². The van der Waals surface area contributed by atoms with Gasteiger partial charge in [0.1, 0.15) is 10.4 Å².